The Balaban J connectivity index is 2.09. The van der Waals surface area contributed by atoms with Crippen molar-refractivity contribution >= 4 is 27.5 Å². The lowest BCUT2D eigenvalue weighted by atomic mass is 10.3. The van der Waals surface area contributed by atoms with Crippen LogP contribution in [0.1, 0.15) is 10.6 Å². The molecule has 0 unspecified atom stereocenters. The molecule has 0 amide bonds. The molecule has 3 aromatic heterocycles. The molecule has 0 aliphatic heterocycles. The van der Waals surface area contributed by atoms with E-state index in [4.69, 9.17) is 4.74 Å². The second-order valence-corrected chi connectivity index (χ2v) is 5.40. The predicted molar refractivity (Wildman–Crippen MR) is 75.1 cm³/mol. The molecule has 0 bridgehead atoms. The Bertz CT molecular complexity index is 733. The average molecular weight is 275 g/mol. The van der Waals surface area contributed by atoms with Crippen molar-refractivity contribution in [2.24, 2.45) is 0 Å². The highest BCUT2D eigenvalue weighted by molar-refractivity contribution is 7.18. The Morgan fingerprint density at radius 1 is 1.26 bits per heavy atom. The Morgan fingerprint density at radius 2 is 2.11 bits per heavy atom. The summed E-state index contributed by atoms with van der Waals surface area (Å²) in [6, 6.07) is 3.85. The van der Waals surface area contributed by atoms with Crippen molar-refractivity contribution in [1.29, 1.82) is 0 Å². The summed E-state index contributed by atoms with van der Waals surface area (Å²) in [4.78, 5) is 10.8. The van der Waals surface area contributed by atoms with Gasteiger partial charge >= 0.3 is 0 Å². The van der Waals surface area contributed by atoms with E-state index in [1.807, 2.05) is 26.0 Å². The second kappa shape index (κ2) is 4.51. The number of hydrogen-bond donors (Lipinski definition) is 2. The summed E-state index contributed by atoms with van der Waals surface area (Å²) < 4.78 is 5.74. The third-order valence-electron chi connectivity index (χ3n) is 2.59. The van der Waals surface area contributed by atoms with Gasteiger partial charge in [-0.3, -0.25) is 5.10 Å². The molecule has 3 rings (SSSR count). The average Bonchev–Trinajstić information content (AvgIpc) is 2.94. The summed E-state index contributed by atoms with van der Waals surface area (Å²) in [6.07, 6.45) is 0. The van der Waals surface area contributed by atoms with Gasteiger partial charge in [-0.15, -0.1) is 16.4 Å². The minimum absolute atomic E-state index is 0.503. The number of nitrogens with zero attached hydrogens (tertiary/aromatic N) is 3. The van der Waals surface area contributed by atoms with Crippen molar-refractivity contribution in [2.75, 3.05) is 12.4 Å². The van der Waals surface area contributed by atoms with Crippen LogP contribution in [0.25, 0.3) is 10.2 Å². The van der Waals surface area contributed by atoms with E-state index in [0.29, 0.717) is 17.7 Å². The molecule has 3 heterocycles. The van der Waals surface area contributed by atoms with Crippen LogP contribution < -0.4 is 10.1 Å². The molecule has 0 aliphatic carbocycles. The van der Waals surface area contributed by atoms with E-state index in [2.05, 4.69) is 25.5 Å². The molecule has 6 nitrogen and oxygen atoms in total. The number of fused-ring (bicyclic) bond motifs is 1. The minimum Gasteiger partial charge on any atom is -0.418 e. The van der Waals surface area contributed by atoms with Gasteiger partial charge in [-0.25, -0.2) is 4.98 Å². The van der Waals surface area contributed by atoms with Crippen LogP contribution in [0.3, 0.4) is 0 Å². The molecule has 19 heavy (non-hydrogen) atoms. The minimum atomic E-state index is 0.503. The maximum absolute atomic E-state index is 5.74. The molecule has 0 fully saturated rings. The fourth-order valence-corrected chi connectivity index (χ4v) is 2.62. The first kappa shape index (κ1) is 11.9. The molecule has 0 saturated heterocycles. The number of ether oxygens (including phenoxy) is 1. The van der Waals surface area contributed by atoms with E-state index in [1.54, 1.807) is 18.4 Å². The van der Waals surface area contributed by atoms with Gasteiger partial charge in [-0.1, -0.05) is 0 Å². The zero-order chi connectivity index (χ0) is 13.4. The summed E-state index contributed by atoms with van der Waals surface area (Å²) in [6.45, 7) is 3.96. The van der Waals surface area contributed by atoms with Crippen LogP contribution in [0.4, 0.5) is 5.95 Å². The smallest absolute Gasteiger partial charge is 0.240 e. The maximum atomic E-state index is 5.74. The number of rotatable bonds is 3. The lowest BCUT2D eigenvalue weighted by molar-refractivity contribution is 0.449. The lowest BCUT2D eigenvalue weighted by Gasteiger charge is -2.04. The van der Waals surface area contributed by atoms with Crippen molar-refractivity contribution in [2.45, 2.75) is 13.8 Å². The first-order valence-corrected chi connectivity index (χ1v) is 6.63. The number of thiophene rings is 1. The Hall–Kier alpha value is -2.15. The van der Waals surface area contributed by atoms with Crippen LogP contribution in [-0.2, 0) is 0 Å². The van der Waals surface area contributed by atoms with Crippen molar-refractivity contribution < 1.29 is 4.74 Å². The van der Waals surface area contributed by atoms with E-state index >= 15 is 0 Å². The van der Waals surface area contributed by atoms with Gasteiger partial charge in [0.15, 0.2) is 0 Å². The van der Waals surface area contributed by atoms with Gasteiger partial charge in [-0.05, 0) is 19.9 Å². The van der Waals surface area contributed by atoms with E-state index in [0.717, 1.165) is 15.9 Å². The van der Waals surface area contributed by atoms with Crippen LogP contribution in [0, 0.1) is 13.8 Å². The monoisotopic (exact) mass is 275 g/mol. The van der Waals surface area contributed by atoms with Gasteiger partial charge in [0.25, 0.3) is 0 Å². The molecule has 98 valence electrons. The van der Waals surface area contributed by atoms with Crippen molar-refractivity contribution in [3.05, 3.63) is 22.7 Å². The van der Waals surface area contributed by atoms with E-state index in [9.17, 15) is 0 Å². The highest BCUT2D eigenvalue weighted by Crippen LogP contribution is 2.33. The van der Waals surface area contributed by atoms with Crippen molar-refractivity contribution in [3.63, 3.8) is 0 Å². The summed E-state index contributed by atoms with van der Waals surface area (Å²) in [5.74, 6) is 1.56. The zero-order valence-electron chi connectivity index (χ0n) is 10.8. The van der Waals surface area contributed by atoms with Gasteiger partial charge in [0.2, 0.25) is 17.7 Å². The van der Waals surface area contributed by atoms with Crippen LogP contribution in [-0.4, -0.2) is 27.2 Å². The Kier molecular flexibility index (Phi) is 2.83. The van der Waals surface area contributed by atoms with E-state index in [1.165, 1.54) is 4.88 Å². The molecule has 0 aliphatic rings. The van der Waals surface area contributed by atoms with E-state index < -0.39 is 0 Å². The van der Waals surface area contributed by atoms with Gasteiger partial charge in [0, 0.05) is 23.7 Å². The fraction of sp³-hybridized carbons (Fsp3) is 0.250. The third kappa shape index (κ3) is 2.24. The number of anilines is 1. The number of H-pyrrole nitrogens is 1. The quantitative estimate of drug-likeness (QED) is 0.768. The predicted octanol–water partition coefficient (Wildman–Crippen LogP) is 2.87. The number of aromatic nitrogens is 4. The summed E-state index contributed by atoms with van der Waals surface area (Å²) >= 11 is 1.61. The first-order valence-electron chi connectivity index (χ1n) is 5.81. The van der Waals surface area contributed by atoms with Gasteiger partial charge in [0.05, 0.1) is 5.39 Å². The molecule has 2 N–H and O–H groups in total. The topological polar surface area (TPSA) is 75.7 Å². The Morgan fingerprint density at radius 3 is 2.79 bits per heavy atom. The highest BCUT2D eigenvalue weighted by Gasteiger charge is 2.13. The zero-order valence-corrected chi connectivity index (χ0v) is 11.6. The SMILES string of the molecule is CNc1nc(Oc2cc(C)[nH]n2)c2cc(C)sc2n1. The fourth-order valence-electron chi connectivity index (χ4n) is 1.75. The number of aryl methyl sites for hydroxylation is 2. The third-order valence-corrected chi connectivity index (χ3v) is 3.53. The lowest BCUT2D eigenvalue weighted by Crippen LogP contribution is -1.98. The summed E-state index contributed by atoms with van der Waals surface area (Å²) in [5.41, 5.74) is 0.940. The standard InChI is InChI=1S/C12H13N5OS/c1-6-4-9(17-16-6)18-10-8-5-7(2)19-11(8)15-12(13-3)14-10/h4-5H,1-3H3,(H,16,17)(H,13,14,15). The molecule has 3 aromatic rings. The van der Waals surface area contributed by atoms with Crippen LogP contribution in [0.15, 0.2) is 12.1 Å². The molecular weight excluding hydrogens is 262 g/mol. The van der Waals surface area contributed by atoms with Gasteiger partial charge < -0.3 is 10.1 Å². The molecule has 0 saturated carbocycles. The normalized spacial score (nSPS) is 10.9. The molecule has 7 heteroatoms. The maximum Gasteiger partial charge on any atom is 0.240 e. The molecule has 0 aromatic carbocycles. The van der Waals surface area contributed by atoms with E-state index in [-0.39, 0.29) is 0 Å². The van der Waals surface area contributed by atoms with Crippen molar-refractivity contribution in [1.82, 2.24) is 20.2 Å². The summed E-state index contributed by atoms with van der Waals surface area (Å²) in [7, 11) is 1.78. The number of nitrogens with one attached hydrogen (secondary N) is 2. The number of hydrogen-bond acceptors (Lipinski definition) is 6. The van der Waals surface area contributed by atoms with Crippen LogP contribution in [0.5, 0.6) is 11.8 Å². The Labute approximate surface area is 113 Å². The van der Waals surface area contributed by atoms with Crippen molar-refractivity contribution in [3.8, 4) is 11.8 Å². The molecule has 0 atom stereocenters. The summed E-state index contributed by atoms with van der Waals surface area (Å²) in [5, 5.41) is 10.7. The largest absolute Gasteiger partial charge is 0.418 e. The molecule has 0 radical (unpaired) electrons. The number of aromatic amines is 1. The van der Waals surface area contributed by atoms with Gasteiger partial charge in [-0.2, -0.15) is 4.98 Å². The van der Waals surface area contributed by atoms with Crippen LogP contribution in [0.2, 0.25) is 0 Å². The second-order valence-electron chi connectivity index (χ2n) is 4.17. The first-order chi connectivity index (χ1) is 9.15. The van der Waals surface area contributed by atoms with Gasteiger partial charge in [0.1, 0.15) is 4.83 Å². The molecule has 0 spiro atoms. The van der Waals surface area contributed by atoms with Crippen LogP contribution >= 0.6 is 11.3 Å². The molecular formula is C12H13N5OS. The highest BCUT2D eigenvalue weighted by atomic mass is 32.1.